The van der Waals surface area contributed by atoms with Crippen molar-refractivity contribution in [1.82, 2.24) is 4.98 Å². The van der Waals surface area contributed by atoms with Crippen molar-refractivity contribution in [3.63, 3.8) is 0 Å². The van der Waals surface area contributed by atoms with Gasteiger partial charge in [0.2, 0.25) is 5.91 Å². The third-order valence-corrected chi connectivity index (χ3v) is 7.27. The zero-order valence-electron chi connectivity index (χ0n) is 17.6. The van der Waals surface area contributed by atoms with Crippen molar-refractivity contribution < 1.29 is 13.2 Å². The highest BCUT2D eigenvalue weighted by atomic mass is 35.5. The molecule has 1 atom stereocenters. The minimum Gasteiger partial charge on any atom is -0.376 e. The van der Waals surface area contributed by atoms with Crippen LogP contribution in [-0.2, 0) is 14.6 Å². The largest absolute Gasteiger partial charge is 0.376 e. The lowest BCUT2D eigenvalue weighted by atomic mass is 9.82. The molecule has 0 spiro atoms. The first kappa shape index (κ1) is 22.6. The molecule has 0 aliphatic heterocycles. The monoisotopic (exact) mass is 449 g/mol. The molecule has 1 amide bonds. The van der Waals surface area contributed by atoms with E-state index in [2.05, 4.69) is 10.3 Å². The van der Waals surface area contributed by atoms with Crippen molar-refractivity contribution in [3.8, 4) is 0 Å². The Morgan fingerprint density at radius 1 is 1.23 bits per heavy atom. The molecule has 1 aliphatic carbocycles. The van der Waals surface area contributed by atoms with E-state index in [1.165, 1.54) is 0 Å². The fourth-order valence-corrected chi connectivity index (χ4v) is 5.42. The number of carbonyl (C=O) groups is 1. The molecule has 3 rings (SSSR count). The molecule has 0 radical (unpaired) electrons. The van der Waals surface area contributed by atoms with E-state index in [1.807, 2.05) is 25.1 Å². The first-order valence-electron chi connectivity index (χ1n) is 10.1. The molecule has 1 aromatic heterocycles. The molecule has 162 valence electrons. The van der Waals surface area contributed by atoms with Crippen LogP contribution in [0.4, 0.5) is 11.5 Å². The number of rotatable bonds is 7. The highest BCUT2D eigenvalue weighted by Gasteiger charge is 2.29. The molecule has 1 N–H and O–H groups in total. The van der Waals surface area contributed by atoms with Crippen LogP contribution in [0.1, 0.15) is 43.6 Å². The Hall–Kier alpha value is -2.12. The predicted molar refractivity (Wildman–Crippen MR) is 121 cm³/mol. The highest BCUT2D eigenvalue weighted by Crippen LogP contribution is 2.41. The van der Waals surface area contributed by atoms with Gasteiger partial charge in [-0.05, 0) is 54.5 Å². The summed E-state index contributed by atoms with van der Waals surface area (Å²) in [5.74, 6) is 0.765. The number of aromatic nitrogens is 1. The fourth-order valence-electron chi connectivity index (χ4n) is 4.08. The van der Waals surface area contributed by atoms with E-state index in [0.717, 1.165) is 43.2 Å². The van der Waals surface area contributed by atoms with Gasteiger partial charge in [-0.3, -0.25) is 4.79 Å². The first-order valence-corrected chi connectivity index (χ1v) is 12.3. The van der Waals surface area contributed by atoms with E-state index in [-0.39, 0.29) is 21.7 Å². The van der Waals surface area contributed by atoms with Gasteiger partial charge in [-0.2, -0.15) is 0 Å². The number of benzene rings is 1. The van der Waals surface area contributed by atoms with Crippen molar-refractivity contribution in [2.45, 2.75) is 42.9 Å². The molecule has 1 heterocycles. The lowest BCUT2D eigenvalue weighted by Crippen LogP contribution is -2.20. The minimum atomic E-state index is -3.39. The molecular weight excluding hydrogens is 422 g/mol. The number of hydrogen-bond acceptors (Lipinski definition) is 5. The third kappa shape index (κ3) is 5.52. The maximum Gasteiger partial charge on any atom is 0.226 e. The van der Waals surface area contributed by atoms with E-state index >= 15 is 0 Å². The van der Waals surface area contributed by atoms with Crippen LogP contribution < -0.4 is 10.2 Å². The molecule has 0 saturated heterocycles. The Morgan fingerprint density at radius 3 is 2.47 bits per heavy atom. The average Bonchev–Trinajstić information content (AvgIpc) is 3.20. The summed E-state index contributed by atoms with van der Waals surface area (Å²) in [6.45, 7) is 0. The van der Waals surface area contributed by atoms with Crippen LogP contribution in [-0.4, -0.2) is 39.7 Å². The summed E-state index contributed by atoms with van der Waals surface area (Å²) in [5.41, 5.74) is 1.86. The molecular formula is C22H28ClN3O3S. The summed E-state index contributed by atoms with van der Waals surface area (Å²) in [4.78, 5) is 19.2. The number of carbonyl (C=O) groups excluding carboxylic acids is 1. The van der Waals surface area contributed by atoms with Crippen LogP contribution in [0.2, 0.25) is 5.02 Å². The van der Waals surface area contributed by atoms with E-state index in [4.69, 9.17) is 11.6 Å². The fraction of sp³-hybridized carbons (Fsp3) is 0.455. The number of sulfone groups is 1. The second-order valence-corrected chi connectivity index (χ2v) is 10.6. The van der Waals surface area contributed by atoms with Crippen LogP contribution in [0.3, 0.4) is 0 Å². The second kappa shape index (κ2) is 9.35. The minimum absolute atomic E-state index is 0.0142. The van der Waals surface area contributed by atoms with Crippen LogP contribution in [0.25, 0.3) is 0 Å². The first-order chi connectivity index (χ1) is 14.1. The lowest BCUT2D eigenvalue weighted by molar-refractivity contribution is -0.116. The summed E-state index contributed by atoms with van der Waals surface area (Å²) in [6, 6.07) is 8.74. The molecule has 30 heavy (non-hydrogen) atoms. The van der Waals surface area contributed by atoms with E-state index in [1.54, 1.807) is 30.5 Å². The molecule has 2 aromatic rings. The maximum atomic E-state index is 12.8. The molecule has 1 fully saturated rings. The quantitative estimate of drug-likeness (QED) is 0.672. The summed E-state index contributed by atoms with van der Waals surface area (Å²) >= 11 is 6.28. The second-order valence-electron chi connectivity index (χ2n) is 8.16. The highest BCUT2D eigenvalue weighted by molar-refractivity contribution is 7.90. The lowest BCUT2D eigenvalue weighted by Gasteiger charge is -2.24. The standard InChI is InChI=1S/C22H28ClN3O3S/c1-26(2)17-9-11-21(24-14-17)25-22(27)13-18(15-6-4-5-7-15)16-8-10-20(19(23)12-16)30(3,28)29/h8-12,14-15,18H,4-7,13H2,1-3H3,(H,24,25,27)/t18-/m1/s1. The van der Waals surface area contributed by atoms with E-state index in [9.17, 15) is 13.2 Å². The van der Waals surface area contributed by atoms with Gasteiger partial charge in [-0.1, -0.05) is 30.5 Å². The molecule has 8 heteroatoms. The Kier molecular flexibility index (Phi) is 7.03. The van der Waals surface area contributed by atoms with E-state index < -0.39 is 9.84 Å². The zero-order valence-corrected chi connectivity index (χ0v) is 19.1. The Labute approximate surface area is 183 Å². The number of hydrogen-bond donors (Lipinski definition) is 1. The van der Waals surface area contributed by atoms with Crippen molar-refractivity contribution in [1.29, 1.82) is 0 Å². The number of nitrogens with zero attached hydrogens (tertiary/aromatic N) is 2. The van der Waals surface area contributed by atoms with Gasteiger partial charge in [-0.25, -0.2) is 13.4 Å². The van der Waals surface area contributed by atoms with Crippen molar-refractivity contribution in [2.24, 2.45) is 5.92 Å². The zero-order chi connectivity index (χ0) is 21.9. The Bertz CT molecular complexity index is 1000. The van der Waals surface area contributed by atoms with Gasteiger partial charge >= 0.3 is 0 Å². The average molecular weight is 450 g/mol. The van der Waals surface area contributed by atoms with Gasteiger partial charge in [0, 0.05) is 26.8 Å². The van der Waals surface area contributed by atoms with Crippen LogP contribution in [0.5, 0.6) is 0 Å². The van der Waals surface area contributed by atoms with Crippen molar-refractivity contribution in [2.75, 3.05) is 30.6 Å². The van der Waals surface area contributed by atoms with Gasteiger partial charge in [0.1, 0.15) is 5.82 Å². The topological polar surface area (TPSA) is 79.4 Å². The molecule has 0 unspecified atom stereocenters. The van der Waals surface area contributed by atoms with Crippen molar-refractivity contribution >= 4 is 38.9 Å². The number of anilines is 2. The van der Waals surface area contributed by atoms with Gasteiger partial charge in [0.05, 0.1) is 21.8 Å². The number of nitrogens with one attached hydrogen (secondary N) is 1. The summed E-state index contributed by atoms with van der Waals surface area (Å²) in [7, 11) is 0.473. The Morgan fingerprint density at radius 2 is 1.93 bits per heavy atom. The summed E-state index contributed by atoms with van der Waals surface area (Å²) < 4.78 is 23.8. The molecule has 0 bridgehead atoms. The van der Waals surface area contributed by atoms with Crippen LogP contribution >= 0.6 is 11.6 Å². The predicted octanol–water partition coefficient (Wildman–Crippen LogP) is 4.51. The normalized spacial score (nSPS) is 15.7. The van der Waals surface area contributed by atoms with Crippen LogP contribution in [0.15, 0.2) is 41.4 Å². The summed E-state index contributed by atoms with van der Waals surface area (Å²) in [5, 5.41) is 3.09. The SMILES string of the molecule is CN(C)c1ccc(NC(=O)C[C@@H](c2ccc(S(C)(=O)=O)c(Cl)c2)C2CCCC2)nc1. The molecule has 1 aliphatic rings. The number of halogens is 1. The molecule has 6 nitrogen and oxygen atoms in total. The smallest absolute Gasteiger partial charge is 0.226 e. The van der Waals surface area contributed by atoms with Gasteiger partial charge in [0.15, 0.2) is 9.84 Å². The summed E-state index contributed by atoms with van der Waals surface area (Å²) in [6.07, 6.45) is 7.56. The third-order valence-electron chi connectivity index (χ3n) is 5.69. The van der Waals surface area contributed by atoms with Crippen molar-refractivity contribution in [3.05, 3.63) is 47.1 Å². The Balaban J connectivity index is 1.79. The molecule has 1 aromatic carbocycles. The van der Waals surface area contributed by atoms with Gasteiger partial charge in [0.25, 0.3) is 0 Å². The van der Waals surface area contributed by atoms with E-state index in [0.29, 0.717) is 18.2 Å². The van der Waals surface area contributed by atoms with Crippen LogP contribution in [0, 0.1) is 5.92 Å². The number of pyridine rings is 1. The number of amides is 1. The van der Waals surface area contributed by atoms with Gasteiger partial charge in [-0.15, -0.1) is 0 Å². The molecule has 1 saturated carbocycles. The maximum absolute atomic E-state index is 12.8. The van der Waals surface area contributed by atoms with Gasteiger partial charge < -0.3 is 10.2 Å².